The van der Waals surface area contributed by atoms with Gasteiger partial charge in [-0.25, -0.2) is 4.79 Å². The molecule has 3 amide bonds. The number of amides is 3. The number of ether oxygens (including phenoxy) is 1. The summed E-state index contributed by atoms with van der Waals surface area (Å²) in [5.41, 5.74) is 3.51. The van der Waals surface area contributed by atoms with E-state index < -0.39 is 0 Å². The molecule has 6 nitrogen and oxygen atoms in total. The topological polar surface area (TPSA) is 53.1 Å². The number of fused-ring (bicyclic) bond motifs is 3. The van der Waals surface area contributed by atoms with E-state index in [-0.39, 0.29) is 18.5 Å². The standard InChI is InChI=1S/C24H27N3O3/c1-30-20-7-8-21-18(14-20)10-12-25-11-9-17(13-22(21)25)15-27-23(28)16-26(24(27)29)19-5-3-2-4-6-19/h2-8,14,17,22H,9-13,15-16H2,1H3. The second kappa shape index (κ2) is 7.76. The fourth-order valence-electron chi connectivity index (χ4n) is 5.15. The molecule has 0 radical (unpaired) electrons. The number of hydrogen-bond donors (Lipinski definition) is 0. The van der Waals surface area contributed by atoms with Crippen LogP contribution in [0.3, 0.4) is 0 Å². The van der Waals surface area contributed by atoms with Gasteiger partial charge in [0.15, 0.2) is 0 Å². The smallest absolute Gasteiger partial charge is 0.331 e. The first-order chi connectivity index (χ1) is 14.6. The van der Waals surface area contributed by atoms with Crippen molar-refractivity contribution in [3.05, 3.63) is 59.7 Å². The first kappa shape index (κ1) is 19.1. The summed E-state index contributed by atoms with van der Waals surface area (Å²) >= 11 is 0. The van der Waals surface area contributed by atoms with Crippen LogP contribution in [0.4, 0.5) is 10.5 Å². The van der Waals surface area contributed by atoms with Gasteiger partial charge in [0, 0.05) is 24.8 Å². The molecule has 2 aromatic rings. The Bertz CT molecular complexity index is 961. The lowest BCUT2D eigenvalue weighted by Crippen LogP contribution is -2.45. The molecule has 0 saturated carbocycles. The molecule has 30 heavy (non-hydrogen) atoms. The van der Waals surface area contributed by atoms with Crippen LogP contribution in [0.25, 0.3) is 0 Å². The van der Waals surface area contributed by atoms with Crippen LogP contribution < -0.4 is 9.64 Å². The Morgan fingerprint density at radius 1 is 1.07 bits per heavy atom. The number of methoxy groups -OCH3 is 1. The molecule has 5 rings (SSSR count). The lowest BCUT2D eigenvalue weighted by atomic mass is 9.82. The molecule has 3 aliphatic heterocycles. The fraction of sp³-hybridized carbons (Fsp3) is 0.417. The predicted molar refractivity (Wildman–Crippen MR) is 115 cm³/mol. The Morgan fingerprint density at radius 2 is 1.90 bits per heavy atom. The number of anilines is 1. The Hall–Kier alpha value is -2.86. The van der Waals surface area contributed by atoms with Gasteiger partial charge >= 0.3 is 6.03 Å². The van der Waals surface area contributed by atoms with Gasteiger partial charge in [-0.3, -0.25) is 19.5 Å². The van der Waals surface area contributed by atoms with Crippen LogP contribution in [0.15, 0.2) is 48.5 Å². The number of carbonyl (C=O) groups excluding carboxylic acids is 2. The van der Waals surface area contributed by atoms with Gasteiger partial charge < -0.3 is 4.74 Å². The number of nitrogens with zero attached hydrogens (tertiary/aromatic N) is 3. The molecule has 156 valence electrons. The third-order valence-electron chi connectivity index (χ3n) is 6.76. The minimum Gasteiger partial charge on any atom is -0.497 e. The van der Waals surface area contributed by atoms with E-state index in [0.717, 1.165) is 43.8 Å². The van der Waals surface area contributed by atoms with Crippen molar-refractivity contribution < 1.29 is 14.3 Å². The van der Waals surface area contributed by atoms with Gasteiger partial charge in [-0.15, -0.1) is 0 Å². The van der Waals surface area contributed by atoms with Crippen molar-refractivity contribution in [2.45, 2.75) is 25.3 Å². The van der Waals surface area contributed by atoms with E-state index in [9.17, 15) is 9.59 Å². The Kier molecular flexibility index (Phi) is 4.95. The fourth-order valence-corrected chi connectivity index (χ4v) is 5.15. The molecule has 2 fully saturated rings. The van der Waals surface area contributed by atoms with Crippen LogP contribution in [0.2, 0.25) is 0 Å². The second-order valence-electron chi connectivity index (χ2n) is 8.47. The monoisotopic (exact) mass is 405 g/mol. The summed E-state index contributed by atoms with van der Waals surface area (Å²) in [6, 6.07) is 16.0. The number of benzene rings is 2. The van der Waals surface area contributed by atoms with Gasteiger partial charge in [0.1, 0.15) is 12.3 Å². The highest BCUT2D eigenvalue weighted by atomic mass is 16.5. The van der Waals surface area contributed by atoms with Crippen molar-refractivity contribution in [2.24, 2.45) is 5.92 Å². The molecule has 2 aromatic carbocycles. The molecule has 0 bridgehead atoms. The molecule has 3 aliphatic rings. The maximum Gasteiger partial charge on any atom is 0.331 e. The molecule has 0 spiro atoms. The van der Waals surface area contributed by atoms with Crippen molar-refractivity contribution in [1.82, 2.24) is 9.80 Å². The zero-order chi connectivity index (χ0) is 20.7. The van der Waals surface area contributed by atoms with E-state index in [4.69, 9.17) is 4.74 Å². The number of para-hydroxylation sites is 1. The third-order valence-corrected chi connectivity index (χ3v) is 6.76. The molecule has 6 heteroatoms. The number of imide groups is 1. The normalized spacial score (nSPS) is 24.0. The molecule has 2 saturated heterocycles. The van der Waals surface area contributed by atoms with Gasteiger partial charge in [-0.2, -0.15) is 0 Å². The molecule has 0 aromatic heterocycles. The van der Waals surface area contributed by atoms with Gasteiger partial charge in [0.05, 0.1) is 7.11 Å². The number of carbonyl (C=O) groups is 2. The van der Waals surface area contributed by atoms with Crippen LogP contribution in [0, 0.1) is 5.92 Å². The van der Waals surface area contributed by atoms with Crippen molar-refractivity contribution in [3.63, 3.8) is 0 Å². The third kappa shape index (κ3) is 3.35. The van der Waals surface area contributed by atoms with E-state index in [1.165, 1.54) is 16.0 Å². The van der Waals surface area contributed by atoms with Gasteiger partial charge in [-0.05, 0) is 67.1 Å². The summed E-state index contributed by atoms with van der Waals surface area (Å²) in [5, 5.41) is 0. The summed E-state index contributed by atoms with van der Waals surface area (Å²) < 4.78 is 5.40. The minimum atomic E-state index is -0.192. The summed E-state index contributed by atoms with van der Waals surface area (Å²) in [6.45, 7) is 2.71. The van der Waals surface area contributed by atoms with Crippen molar-refractivity contribution in [1.29, 1.82) is 0 Å². The summed E-state index contributed by atoms with van der Waals surface area (Å²) in [4.78, 5) is 31.2. The zero-order valence-corrected chi connectivity index (χ0v) is 17.3. The molecule has 2 unspecified atom stereocenters. The van der Waals surface area contributed by atoms with Gasteiger partial charge in [-0.1, -0.05) is 24.3 Å². The molecule has 0 aliphatic carbocycles. The Balaban J connectivity index is 1.31. The Morgan fingerprint density at radius 3 is 2.70 bits per heavy atom. The lowest BCUT2D eigenvalue weighted by Gasteiger charge is -2.44. The summed E-state index contributed by atoms with van der Waals surface area (Å²) in [5.74, 6) is 1.13. The first-order valence-corrected chi connectivity index (χ1v) is 10.7. The van der Waals surface area contributed by atoms with Crippen LogP contribution in [0.5, 0.6) is 5.75 Å². The molecule has 2 atom stereocenters. The highest BCUT2D eigenvalue weighted by molar-refractivity contribution is 6.12. The molecular weight excluding hydrogens is 378 g/mol. The van der Waals surface area contributed by atoms with E-state index in [2.05, 4.69) is 17.0 Å². The zero-order valence-electron chi connectivity index (χ0n) is 17.3. The van der Waals surface area contributed by atoms with E-state index in [0.29, 0.717) is 18.5 Å². The summed E-state index contributed by atoms with van der Waals surface area (Å²) in [7, 11) is 1.70. The lowest BCUT2D eigenvalue weighted by molar-refractivity contribution is -0.125. The highest BCUT2D eigenvalue weighted by Gasteiger charge is 2.40. The molecule has 0 N–H and O–H groups in total. The molecule has 3 heterocycles. The van der Waals surface area contributed by atoms with Crippen LogP contribution in [0.1, 0.15) is 30.0 Å². The maximum atomic E-state index is 12.9. The first-order valence-electron chi connectivity index (χ1n) is 10.7. The Labute approximate surface area is 177 Å². The van der Waals surface area contributed by atoms with Crippen LogP contribution in [-0.4, -0.2) is 55.0 Å². The largest absolute Gasteiger partial charge is 0.497 e. The number of piperidine rings is 1. The molecular formula is C24H27N3O3. The van der Waals surface area contributed by atoms with Crippen molar-refractivity contribution in [3.8, 4) is 5.75 Å². The SMILES string of the molecule is COc1ccc2c(c1)CCN1CCC(CN3C(=O)CN(c4ccccc4)C3=O)CC21. The van der Waals surface area contributed by atoms with E-state index in [1.54, 1.807) is 12.0 Å². The highest BCUT2D eigenvalue weighted by Crippen LogP contribution is 2.40. The quantitative estimate of drug-likeness (QED) is 0.731. The number of rotatable bonds is 4. The van der Waals surface area contributed by atoms with E-state index in [1.807, 2.05) is 36.4 Å². The maximum absolute atomic E-state index is 12.9. The second-order valence-corrected chi connectivity index (χ2v) is 8.47. The number of hydrogen-bond acceptors (Lipinski definition) is 4. The van der Waals surface area contributed by atoms with Crippen molar-refractivity contribution in [2.75, 3.05) is 38.2 Å². The van der Waals surface area contributed by atoms with Crippen LogP contribution in [-0.2, 0) is 11.2 Å². The average Bonchev–Trinajstić information content (AvgIpc) is 3.07. The average molecular weight is 405 g/mol. The van der Waals surface area contributed by atoms with Gasteiger partial charge in [0.25, 0.3) is 5.91 Å². The van der Waals surface area contributed by atoms with Crippen molar-refractivity contribution >= 4 is 17.6 Å². The van der Waals surface area contributed by atoms with Gasteiger partial charge in [0.2, 0.25) is 0 Å². The minimum absolute atomic E-state index is 0.0972. The van der Waals surface area contributed by atoms with E-state index >= 15 is 0 Å². The summed E-state index contributed by atoms with van der Waals surface area (Å²) in [6.07, 6.45) is 3.04. The number of urea groups is 1. The van der Waals surface area contributed by atoms with Crippen LogP contribution >= 0.6 is 0 Å². The predicted octanol–water partition coefficient (Wildman–Crippen LogP) is 3.47.